The van der Waals surface area contributed by atoms with E-state index >= 15 is 0 Å². The molecule has 0 aliphatic heterocycles. The maximum absolute atomic E-state index is 12.1. The summed E-state index contributed by atoms with van der Waals surface area (Å²) in [6.07, 6.45) is -4.76. The molecule has 0 spiro atoms. The van der Waals surface area contributed by atoms with Gasteiger partial charge in [-0.2, -0.15) is 8.78 Å². The van der Waals surface area contributed by atoms with Crippen molar-refractivity contribution in [3.8, 4) is 11.5 Å². The van der Waals surface area contributed by atoms with Gasteiger partial charge in [-0.1, -0.05) is 24.3 Å². The van der Waals surface area contributed by atoms with E-state index in [9.17, 15) is 22.0 Å². The highest BCUT2D eigenvalue weighted by Gasteiger charge is 2.31. The summed E-state index contributed by atoms with van der Waals surface area (Å²) in [7, 11) is 0. The van der Waals surface area contributed by atoms with Gasteiger partial charge in [-0.25, -0.2) is 0 Å². The summed E-state index contributed by atoms with van der Waals surface area (Å²) >= 11 is 0. The van der Waals surface area contributed by atoms with E-state index in [1.807, 2.05) is 0 Å². The summed E-state index contributed by atoms with van der Waals surface area (Å²) in [4.78, 5) is 0. The van der Waals surface area contributed by atoms with Gasteiger partial charge in [0, 0.05) is 0 Å². The molecular formula is C15H12F5NO2. The van der Waals surface area contributed by atoms with E-state index in [0.29, 0.717) is 11.1 Å². The lowest BCUT2D eigenvalue weighted by molar-refractivity contribution is -0.274. The van der Waals surface area contributed by atoms with Gasteiger partial charge in [0.05, 0.1) is 6.04 Å². The molecule has 2 N–H and O–H groups in total. The lowest BCUT2D eigenvalue weighted by Crippen LogP contribution is -2.17. The zero-order valence-corrected chi connectivity index (χ0v) is 11.6. The lowest BCUT2D eigenvalue weighted by Gasteiger charge is -2.14. The average Bonchev–Trinajstić information content (AvgIpc) is 2.46. The summed E-state index contributed by atoms with van der Waals surface area (Å²) in [5.74, 6) is -0.362. The molecule has 1 atom stereocenters. The van der Waals surface area contributed by atoms with Crippen LogP contribution in [0, 0.1) is 0 Å². The molecule has 2 aromatic rings. The molecule has 0 aromatic heterocycles. The van der Waals surface area contributed by atoms with Gasteiger partial charge in [-0.05, 0) is 35.4 Å². The molecule has 124 valence electrons. The first-order valence-electron chi connectivity index (χ1n) is 6.40. The largest absolute Gasteiger partial charge is 0.573 e. The van der Waals surface area contributed by atoms with Crippen molar-refractivity contribution < 1.29 is 31.4 Å². The molecule has 0 fully saturated rings. The molecule has 23 heavy (non-hydrogen) atoms. The summed E-state index contributed by atoms with van der Waals surface area (Å²) in [5, 5.41) is 0. The number of hydrogen-bond donors (Lipinski definition) is 1. The van der Waals surface area contributed by atoms with Gasteiger partial charge in [0.1, 0.15) is 11.5 Å². The van der Waals surface area contributed by atoms with E-state index in [2.05, 4.69) is 9.47 Å². The Morgan fingerprint density at radius 2 is 1.22 bits per heavy atom. The Bertz CT molecular complexity index is 626. The van der Waals surface area contributed by atoms with Crippen molar-refractivity contribution in [1.82, 2.24) is 0 Å². The zero-order valence-electron chi connectivity index (χ0n) is 11.6. The maximum Gasteiger partial charge on any atom is 0.573 e. The van der Waals surface area contributed by atoms with Crippen LogP contribution in [-0.4, -0.2) is 13.0 Å². The molecule has 8 heteroatoms. The minimum Gasteiger partial charge on any atom is -0.435 e. The Hall–Kier alpha value is -2.35. The van der Waals surface area contributed by atoms with Crippen molar-refractivity contribution in [3.63, 3.8) is 0 Å². The molecule has 0 unspecified atom stereocenters. The summed E-state index contributed by atoms with van der Waals surface area (Å²) in [6.45, 7) is -2.92. The van der Waals surface area contributed by atoms with Crippen LogP contribution in [-0.2, 0) is 0 Å². The SMILES string of the molecule is N[C@@H](c1ccc(OC(F)F)cc1)c1ccc(OC(F)(F)F)cc1. The first kappa shape index (κ1) is 17.0. The topological polar surface area (TPSA) is 44.5 Å². The molecule has 3 nitrogen and oxygen atoms in total. The predicted molar refractivity (Wildman–Crippen MR) is 72.2 cm³/mol. The van der Waals surface area contributed by atoms with Gasteiger partial charge < -0.3 is 15.2 Å². The third-order valence-electron chi connectivity index (χ3n) is 2.94. The fourth-order valence-corrected chi connectivity index (χ4v) is 1.93. The van der Waals surface area contributed by atoms with E-state index in [1.54, 1.807) is 0 Å². The molecular weight excluding hydrogens is 321 g/mol. The van der Waals surface area contributed by atoms with Crippen LogP contribution < -0.4 is 15.2 Å². The van der Waals surface area contributed by atoms with E-state index < -0.39 is 19.0 Å². The number of alkyl halides is 5. The van der Waals surface area contributed by atoms with Gasteiger partial charge in [-0.15, -0.1) is 13.2 Å². The van der Waals surface area contributed by atoms with Crippen molar-refractivity contribution in [1.29, 1.82) is 0 Å². The van der Waals surface area contributed by atoms with E-state index in [4.69, 9.17) is 5.73 Å². The number of halogens is 5. The second-order valence-corrected chi connectivity index (χ2v) is 4.54. The number of benzene rings is 2. The maximum atomic E-state index is 12.1. The van der Waals surface area contributed by atoms with Gasteiger partial charge in [-0.3, -0.25) is 0 Å². The Balaban J connectivity index is 2.09. The van der Waals surface area contributed by atoms with Crippen LogP contribution in [0.1, 0.15) is 17.2 Å². The van der Waals surface area contributed by atoms with Crippen LogP contribution in [0.2, 0.25) is 0 Å². The molecule has 0 heterocycles. The van der Waals surface area contributed by atoms with Crippen molar-refractivity contribution in [3.05, 3.63) is 59.7 Å². The van der Waals surface area contributed by atoms with E-state index in [0.717, 1.165) is 12.1 Å². The molecule has 0 saturated carbocycles. The summed E-state index contributed by atoms with van der Waals surface area (Å²) < 4.78 is 68.4. The highest BCUT2D eigenvalue weighted by atomic mass is 19.4. The second-order valence-electron chi connectivity index (χ2n) is 4.54. The first-order valence-corrected chi connectivity index (χ1v) is 6.40. The molecule has 0 aliphatic carbocycles. The molecule has 0 aliphatic rings. The van der Waals surface area contributed by atoms with Crippen LogP contribution in [0.25, 0.3) is 0 Å². The molecule has 2 rings (SSSR count). The molecule has 0 bridgehead atoms. The molecule has 2 aromatic carbocycles. The van der Waals surface area contributed by atoms with Crippen molar-refractivity contribution in [2.75, 3.05) is 0 Å². The number of ether oxygens (including phenoxy) is 2. The van der Waals surface area contributed by atoms with Gasteiger partial charge in [0.2, 0.25) is 0 Å². The Labute approximate surface area is 128 Å². The molecule has 0 radical (unpaired) electrons. The summed E-state index contributed by atoms with van der Waals surface area (Å²) in [5.41, 5.74) is 7.13. The van der Waals surface area contributed by atoms with Crippen molar-refractivity contribution >= 4 is 0 Å². The number of hydrogen-bond acceptors (Lipinski definition) is 3. The second kappa shape index (κ2) is 6.82. The van der Waals surface area contributed by atoms with E-state index in [1.165, 1.54) is 36.4 Å². The predicted octanol–water partition coefficient (Wildman–Crippen LogP) is 4.23. The fraction of sp³-hybridized carbons (Fsp3) is 0.200. The van der Waals surface area contributed by atoms with Crippen molar-refractivity contribution in [2.24, 2.45) is 5.73 Å². The number of rotatable bonds is 5. The normalized spacial score (nSPS) is 13.0. The lowest BCUT2D eigenvalue weighted by atomic mass is 9.99. The smallest absolute Gasteiger partial charge is 0.435 e. The average molecular weight is 333 g/mol. The standard InChI is InChI=1S/C15H12F5NO2/c16-14(17)22-11-5-1-9(2-6-11)13(21)10-3-7-12(8-4-10)23-15(18,19)20/h1-8,13-14H,21H2/t13-/m0/s1. The fourth-order valence-electron chi connectivity index (χ4n) is 1.93. The van der Waals surface area contributed by atoms with Crippen LogP contribution in [0.5, 0.6) is 11.5 Å². The first-order chi connectivity index (χ1) is 10.7. The molecule has 0 amide bonds. The third-order valence-corrected chi connectivity index (χ3v) is 2.94. The van der Waals surface area contributed by atoms with Crippen LogP contribution >= 0.6 is 0 Å². The Morgan fingerprint density at radius 1 is 0.783 bits per heavy atom. The van der Waals surface area contributed by atoms with Gasteiger partial charge in [0.15, 0.2) is 0 Å². The van der Waals surface area contributed by atoms with Gasteiger partial charge >= 0.3 is 13.0 Å². The van der Waals surface area contributed by atoms with Crippen LogP contribution in [0.4, 0.5) is 22.0 Å². The van der Waals surface area contributed by atoms with Crippen molar-refractivity contribution in [2.45, 2.75) is 19.0 Å². The van der Waals surface area contributed by atoms with Crippen LogP contribution in [0.3, 0.4) is 0 Å². The monoisotopic (exact) mass is 333 g/mol. The highest BCUT2D eigenvalue weighted by molar-refractivity contribution is 5.37. The minimum atomic E-state index is -4.76. The Kier molecular flexibility index (Phi) is 5.05. The summed E-state index contributed by atoms with van der Waals surface area (Å²) in [6, 6.07) is 10.1. The van der Waals surface area contributed by atoms with Crippen LogP contribution in [0.15, 0.2) is 48.5 Å². The van der Waals surface area contributed by atoms with E-state index in [-0.39, 0.29) is 11.5 Å². The quantitative estimate of drug-likeness (QED) is 0.833. The van der Waals surface area contributed by atoms with Gasteiger partial charge in [0.25, 0.3) is 0 Å². The Morgan fingerprint density at radius 3 is 1.61 bits per heavy atom. The minimum absolute atomic E-state index is 0.00937. The third kappa shape index (κ3) is 5.10. The highest BCUT2D eigenvalue weighted by Crippen LogP contribution is 2.27. The zero-order chi connectivity index (χ0) is 17.0. The number of nitrogens with two attached hydrogens (primary N) is 1. The molecule has 0 saturated heterocycles.